The highest BCUT2D eigenvalue weighted by atomic mass is 19.1. The number of hydrogen-bond acceptors (Lipinski definition) is 2. The SMILES string of the molecule is C=CC(C=C)=C(C(=C)C)N1/C(=C(\C)C(=C)NCc2ccc(F)cc2F)CCC1C(C)CCCCC. The summed E-state index contributed by atoms with van der Waals surface area (Å²) in [5, 5.41) is 3.25. The minimum atomic E-state index is -0.580. The smallest absolute Gasteiger partial charge is 0.131 e. The van der Waals surface area contributed by atoms with Gasteiger partial charge in [0.1, 0.15) is 11.6 Å². The van der Waals surface area contributed by atoms with Crippen molar-refractivity contribution in [3.8, 4) is 0 Å². The first-order valence-corrected chi connectivity index (χ1v) is 12.7. The van der Waals surface area contributed by atoms with Crippen LogP contribution < -0.4 is 5.32 Å². The fourth-order valence-electron chi connectivity index (χ4n) is 4.89. The molecule has 2 atom stereocenters. The van der Waals surface area contributed by atoms with E-state index in [1.165, 1.54) is 43.5 Å². The van der Waals surface area contributed by atoms with Crippen molar-refractivity contribution >= 4 is 0 Å². The van der Waals surface area contributed by atoms with Crippen LogP contribution in [0.1, 0.15) is 71.8 Å². The molecule has 1 aliphatic heterocycles. The predicted molar refractivity (Wildman–Crippen MR) is 145 cm³/mol. The second-order valence-electron chi connectivity index (χ2n) is 9.58. The van der Waals surface area contributed by atoms with E-state index in [-0.39, 0.29) is 6.54 Å². The Bertz CT molecular complexity index is 1000. The first-order chi connectivity index (χ1) is 16.7. The van der Waals surface area contributed by atoms with Crippen molar-refractivity contribution in [2.75, 3.05) is 0 Å². The van der Waals surface area contributed by atoms with Gasteiger partial charge in [-0.25, -0.2) is 8.78 Å². The molecule has 2 rings (SSSR count). The van der Waals surface area contributed by atoms with Crippen molar-refractivity contribution in [2.45, 2.75) is 78.8 Å². The van der Waals surface area contributed by atoms with E-state index < -0.39 is 11.6 Å². The summed E-state index contributed by atoms with van der Waals surface area (Å²) in [6, 6.07) is 3.98. The molecule has 1 aromatic rings. The van der Waals surface area contributed by atoms with Crippen LogP contribution in [-0.4, -0.2) is 10.9 Å². The maximum atomic E-state index is 14.1. The van der Waals surface area contributed by atoms with E-state index in [2.05, 4.69) is 57.3 Å². The number of rotatable bonds is 13. The van der Waals surface area contributed by atoms with Crippen LogP contribution in [-0.2, 0) is 6.54 Å². The third kappa shape index (κ3) is 7.06. The van der Waals surface area contributed by atoms with Crippen molar-refractivity contribution in [3.63, 3.8) is 0 Å². The minimum Gasteiger partial charge on any atom is -0.381 e. The summed E-state index contributed by atoms with van der Waals surface area (Å²) in [5.74, 6) is -0.636. The van der Waals surface area contributed by atoms with E-state index in [4.69, 9.17) is 0 Å². The van der Waals surface area contributed by atoms with Crippen molar-refractivity contribution in [1.82, 2.24) is 10.2 Å². The molecule has 2 unspecified atom stereocenters. The molecule has 0 amide bonds. The van der Waals surface area contributed by atoms with Gasteiger partial charge in [0, 0.05) is 35.6 Å². The number of nitrogens with one attached hydrogen (secondary N) is 1. The summed E-state index contributed by atoms with van der Waals surface area (Å²) >= 11 is 0. The summed E-state index contributed by atoms with van der Waals surface area (Å²) in [6.45, 7) is 25.5. The van der Waals surface area contributed by atoms with Crippen LogP contribution in [0.15, 0.2) is 90.5 Å². The minimum absolute atomic E-state index is 0.236. The average molecular weight is 481 g/mol. The highest BCUT2D eigenvalue weighted by molar-refractivity contribution is 5.47. The molecule has 0 aromatic heterocycles. The number of nitrogens with zero attached hydrogens (tertiary/aromatic N) is 1. The normalized spacial score (nSPS) is 17.5. The van der Waals surface area contributed by atoms with Gasteiger partial charge in [-0.2, -0.15) is 0 Å². The maximum absolute atomic E-state index is 14.1. The monoisotopic (exact) mass is 480 g/mol. The Morgan fingerprint density at radius 3 is 2.43 bits per heavy atom. The van der Waals surface area contributed by atoms with Gasteiger partial charge in [-0.15, -0.1) is 0 Å². The van der Waals surface area contributed by atoms with Crippen LogP contribution in [0.2, 0.25) is 0 Å². The quantitative estimate of drug-likeness (QED) is 0.224. The van der Waals surface area contributed by atoms with Crippen LogP contribution in [0.4, 0.5) is 8.78 Å². The second kappa shape index (κ2) is 13.3. The molecule has 1 fully saturated rings. The Morgan fingerprint density at radius 2 is 1.86 bits per heavy atom. The molecular weight excluding hydrogens is 438 g/mol. The second-order valence-corrected chi connectivity index (χ2v) is 9.58. The molecule has 0 spiro atoms. The fourth-order valence-corrected chi connectivity index (χ4v) is 4.89. The Hall–Kier alpha value is -2.88. The molecule has 0 radical (unpaired) electrons. The van der Waals surface area contributed by atoms with Gasteiger partial charge >= 0.3 is 0 Å². The third-order valence-corrected chi connectivity index (χ3v) is 6.97. The van der Waals surface area contributed by atoms with Crippen LogP contribution in [0, 0.1) is 17.6 Å². The summed E-state index contributed by atoms with van der Waals surface area (Å²) in [5.41, 5.74) is 6.32. The Balaban J connectivity index is 2.43. The van der Waals surface area contributed by atoms with Gasteiger partial charge in [0.2, 0.25) is 0 Å². The lowest BCUT2D eigenvalue weighted by Crippen LogP contribution is -2.35. The van der Waals surface area contributed by atoms with E-state index in [0.29, 0.717) is 17.5 Å². The standard InChI is InChI=1S/C31H42F2N2/c1-9-12-13-14-22(6)29-17-18-30(35(29)31(21(4)5)25(10-2)11-3)23(7)24(8)34-20-26-15-16-27(32)19-28(26)33/h10-11,15-16,19,22,29,34H,2-4,8-9,12-14,17-18,20H2,1,5-7H3/b30-23+. The van der Waals surface area contributed by atoms with Crippen LogP contribution in [0.3, 0.4) is 0 Å². The molecule has 190 valence electrons. The molecule has 1 aromatic carbocycles. The molecule has 35 heavy (non-hydrogen) atoms. The average Bonchev–Trinajstić information content (AvgIpc) is 3.25. The lowest BCUT2D eigenvalue weighted by Gasteiger charge is -2.36. The zero-order valence-corrected chi connectivity index (χ0v) is 22.0. The Kier molecular flexibility index (Phi) is 10.8. The van der Waals surface area contributed by atoms with Crippen molar-refractivity contribution in [3.05, 3.63) is 108 Å². The van der Waals surface area contributed by atoms with E-state index in [9.17, 15) is 8.78 Å². The summed E-state index contributed by atoms with van der Waals surface area (Å²) in [4.78, 5) is 2.43. The number of unbranched alkanes of at least 4 members (excludes halogenated alkanes) is 2. The lowest BCUT2D eigenvalue weighted by molar-refractivity contribution is 0.258. The van der Waals surface area contributed by atoms with Crippen LogP contribution in [0.25, 0.3) is 0 Å². The summed E-state index contributed by atoms with van der Waals surface area (Å²) in [7, 11) is 0. The first-order valence-electron chi connectivity index (χ1n) is 12.7. The summed E-state index contributed by atoms with van der Waals surface area (Å²) < 4.78 is 27.4. The van der Waals surface area contributed by atoms with Crippen molar-refractivity contribution in [1.29, 1.82) is 0 Å². The van der Waals surface area contributed by atoms with Gasteiger partial charge in [-0.05, 0) is 61.8 Å². The number of likely N-dealkylation sites (tertiary alicyclic amines) is 1. The van der Waals surface area contributed by atoms with Gasteiger partial charge in [-0.1, -0.05) is 77.6 Å². The van der Waals surface area contributed by atoms with Gasteiger partial charge in [-0.3, -0.25) is 0 Å². The molecule has 1 N–H and O–H groups in total. The molecular formula is C31H42F2N2. The molecule has 0 aliphatic carbocycles. The first kappa shape index (κ1) is 28.4. The predicted octanol–water partition coefficient (Wildman–Crippen LogP) is 8.73. The zero-order chi connectivity index (χ0) is 26.1. The molecule has 0 bridgehead atoms. The van der Waals surface area contributed by atoms with E-state index in [1.54, 1.807) is 0 Å². The van der Waals surface area contributed by atoms with Crippen LogP contribution >= 0.6 is 0 Å². The topological polar surface area (TPSA) is 15.3 Å². The van der Waals surface area contributed by atoms with Gasteiger partial charge in [0.15, 0.2) is 0 Å². The third-order valence-electron chi connectivity index (χ3n) is 6.97. The lowest BCUT2D eigenvalue weighted by atomic mass is 9.92. The van der Waals surface area contributed by atoms with E-state index in [0.717, 1.165) is 47.0 Å². The van der Waals surface area contributed by atoms with Gasteiger partial charge < -0.3 is 10.2 Å². The molecule has 1 aliphatic rings. The Morgan fingerprint density at radius 1 is 1.17 bits per heavy atom. The van der Waals surface area contributed by atoms with E-state index >= 15 is 0 Å². The molecule has 1 saturated heterocycles. The molecule has 4 heteroatoms. The number of benzene rings is 1. The molecule has 0 saturated carbocycles. The molecule has 1 heterocycles. The zero-order valence-electron chi connectivity index (χ0n) is 22.0. The number of allylic oxidation sites excluding steroid dienone is 6. The largest absolute Gasteiger partial charge is 0.381 e. The van der Waals surface area contributed by atoms with Crippen molar-refractivity contribution < 1.29 is 8.78 Å². The van der Waals surface area contributed by atoms with Crippen LogP contribution in [0.5, 0.6) is 0 Å². The van der Waals surface area contributed by atoms with E-state index in [1.807, 2.05) is 19.1 Å². The maximum Gasteiger partial charge on any atom is 0.131 e. The van der Waals surface area contributed by atoms with Gasteiger partial charge in [0.05, 0.1) is 5.70 Å². The fraction of sp³-hybridized carbons (Fsp3) is 0.419. The number of halogens is 2. The van der Waals surface area contributed by atoms with Crippen molar-refractivity contribution in [2.24, 2.45) is 5.92 Å². The summed E-state index contributed by atoms with van der Waals surface area (Å²) in [6.07, 6.45) is 10.5. The highest BCUT2D eigenvalue weighted by Gasteiger charge is 2.36. The van der Waals surface area contributed by atoms with Gasteiger partial charge in [0.25, 0.3) is 0 Å². The Labute approximate surface area is 211 Å². The molecule has 2 nitrogen and oxygen atoms in total. The number of hydrogen-bond donors (Lipinski definition) is 1. The highest BCUT2D eigenvalue weighted by Crippen LogP contribution is 2.42.